The van der Waals surface area contributed by atoms with Crippen molar-refractivity contribution in [3.8, 4) is 0 Å². The van der Waals surface area contributed by atoms with Gasteiger partial charge in [-0.15, -0.1) is 0 Å². The van der Waals surface area contributed by atoms with Crippen LogP contribution in [-0.4, -0.2) is 29.7 Å². The molecule has 1 aliphatic carbocycles. The molecule has 2 rings (SSSR count). The van der Waals surface area contributed by atoms with Crippen molar-refractivity contribution in [2.24, 2.45) is 0 Å². The fourth-order valence-electron chi connectivity index (χ4n) is 2.15. The topological polar surface area (TPSA) is 75.6 Å². The van der Waals surface area contributed by atoms with Crippen LogP contribution in [0.2, 0.25) is 0 Å². The summed E-state index contributed by atoms with van der Waals surface area (Å²) in [4.78, 5) is 22.6. The SMILES string of the molecule is COC1(C(=O)Nc2ccc(CC(=O)O)cc2)CCC1. The highest BCUT2D eigenvalue weighted by Crippen LogP contribution is 2.36. The van der Waals surface area contributed by atoms with Gasteiger partial charge in [-0.1, -0.05) is 12.1 Å². The van der Waals surface area contributed by atoms with Gasteiger partial charge in [0.2, 0.25) is 0 Å². The maximum absolute atomic E-state index is 12.1. The summed E-state index contributed by atoms with van der Waals surface area (Å²) in [5, 5.41) is 11.5. The van der Waals surface area contributed by atoms with Crippen LogP contribution in [0.5, 0.6) is 0 Å². The van der Waals surface area contributed by atoms with E-state index in [0.717, 1.165) is 19.3 Å². The van der Waals surface area contributed by atoms with Gasteiger partial charge < -0.3 is 15.2 Å². The molecule has 0 aromatic heterocycles. The van der Waals surface area contributed by atoms with Gasteiger partial charge in [-0.05, 0) is 37.0 Å². The number of rotatable bonds is 5. The summed E-state index contributed by atoms with van der Waals surface area (Å²) in [5.41, 5.74) is 0.678. The lowest BCUT2D eigenvalue weighted by Gasteiger charge is -2.38. The van der Waals surface area contributed by atoms with E-state index in [2.05, 4.69) is 5.32 Å². The number of aliphatic carboxylic acids is 1. The van der Waals surface area contributed by atoms with Crippen molar-refractivity contribution in [1.29, 1.82) is 0 Å². The second-order valence-electron chi connectivity index (χ2n) is 4.77. The number of carboxylic acids is 1. The molecule has 1 saturated carbocycles. The van der Waals surface area contributed by atoms with Gasteiger partial charge in [-0.25, -0.2) is 0 Å². The van der Waals surface area contributed by atoms with Crippen molar-refractivity contribution in [1.82, 2.24) is 0 Å². The van der Waals surface area contributed by atoms with Gasteiger partial charge in [-0.3, -0.25) is 9.59 Å². The van der Waals surface area contributed by atoms with E-state index < -0.39 is 11.6 Å². The zero-order valence-corrected chi connectivity index (χ0v) is 10.8. The molecule has 1 aliphatic rings. The molecule has 0 spiro atoms. The molecule has 5 nitrogen and oxygen atoms in total. The number of carbonyl (C=O) groups is 2. The summed E-state index contributed by atoms with van der Waals surface area (Å²) in [5.74, 6) is -1.00. The highest BCUT2D eigenvalue weighted by molar-refractivity contribution is 5.98. The number of amides is 1. The minimum Gasteiger partial charge on any atom is -0.481 e. The lowest BCUT2D eigenvalue weighted by atomic mass is 9.79. The van der Waals surface area contributed by atoms with E-state index in [1.165, 1.54) is 0 Å². The first-order valence-corrected chi connectivity index (χ1v) is 6.23. The molecule has 1 aromatic carbocycles. The van der Waals surface area contributed by atoms with Crippen molar-refractivity contribution in [2.45, 2.75) is 31.3 Å². The zero-order chi connectivity index (χ0) is 13.9. The summed E-state index contributed by atoms with van der Waals surface area (Å²) in [6.07, 6.45) is 2.47. The Bertz CT molecular complexity index is 471. The standard InChI is InChI=1S/C14H17NO4/c1-19-14(7-2-8-14)13(18)15-11-5-3-10(4-6-11)9-12(16)17/h3-6H,2,7-9H2,1H3,(H,15,18)(H,16,17). The van der Waals surface area contributed by atoms with Gasteiger partial charge in [0.25, 0.3) is 5.91 Å². The Kier molecular flexibility index (Phi) is 3.85. The Morgan fingerprint density at radius 3 is 2.37 bits per heavy atom. The van der Waals surface area contributed by atoms with Crippen molar-refractivity contribution < 1.29 is 19.4 Å². The lowest BCUT2D eigenvalue weighted by molar-refractivity contribution is -0.148. The van der Waals surface area contributed by atoms with E-state index in [9.17, 15) is 9.59 Å². The van der Waals surface area contributed by atoms with E-state index >= 15 is 0 Å². The maximum atomic E-state index is 12.1. The van der Waals surface area contributed by atoms with Crippen LogP contribution in [0.25, 0.3) is 0 Å². The van der Waals surface area contributed by atoms with Crippen molar-refractivity contribution in [3.05, 3.63) is 29.8 Å². The molecule has 0 radical (unpaired) electrons. The Labute approximate surface area is 111 Å². The van der Waals surface area contributed by atoms with Gasteiger partial charge in [0.1, 0.15) is 5.60 Å². The number of carbonyl (C=O) groups excluding carboxylic acids is 1. The number of benzene rings is 1. The molecule has 2 N–H and O–H groups in total. The number of ether oxygens (including phenoxy) is 1. The summed E-state index contributed by atoms with van der Waals surface area (Å²) in [6.45, 7) is 0. The Morgan fingerprint density at radius 1 is 1.32 bits per heavy atom. The average molecular weight is 263 g/mol. The van der Waals surface area contributed by atoms with Gasteiger partial charge in [0.15, 0.2) is 0 Å². The van der Waals surface area contributed by atoms with Crippen LogP contribution >= 0.6 is 0 Å². The third-order valence-corrected chi connectivity index (χ3v) is 3.53. The highest BCUT2D eigenvalue weighted by Gasteiger charge is 2.44. The molecule has 1 fully saturated rings. The first-order chi connectivity index (χ1) is 9.05. The Balaban J connectivity index is 1.99. The van der Waals surface area contributed by atoms with Gasteiger partial charge in [-0.2, -0.15) is 0 Å². The average Bonchev–Trinajstić information content (AvgIpc) is 2.30. The van der Waals surface area contributed by atoms with E-state index in [4.69, 9.17) is 9.84 Å². The summed E-state index contributed by atoms with van der Waals surface area (Å²) >= 11 is 0. The third kappa shape index (κ3) is 2.93. The molecule has 0 heterocycles. The van der Waals surface area contributed by atoms with Crippen LogP contribution in [-0.2, 0) is 20.7 Å². The fraction of sp³-hybridized carbons (Fsp3) is 0.429. The van der Waals surface area contributed by atoms with Crippen molar-refractivity contribution in [2.75, 3.05) is 12.4 Å². The summed E-state index contributed by atoms with van der Waals surface area (Å²) < 4.78 is 5.29. The van der Waals surface area contributed by atoms with Crippen molar-refractivity contribution >= 4 is 17.6 Å². The van der Waals surface area contributed by atoms with Crippen LogP contribution in [0.3, 0.4) is 0 Å². The summed E-state index contributed by atoms with van der Waals surface area (Å²) in [7, 11) is 1.55. The number of carboxylic acid groups (broad SMARTS) is 1. The molecule has 1 amide bonds. The lowest BCUT2D eigenvalue weighted by Crippen LogP contribution is -2.50. The number of nitrogens with one attached hydrogen (secondary N) is 1. The quantitative estimate of drug-likeness (QED) is 0.849. The van der Waals surface area contributed by atoms with Crippen LogP contribution in [0, 0.1) is 0 Å². The van der Waals surface area contributed by atoms with E-state index in [1.54, 1.807) is 31.4 Å². The fourth-order valence-corrected chi connectivity index (χ4v) is 2.15. The first kappa shape index (κ1) is 13.5. The molecule has 102 valence electrons. The van der Waals surface area contributed by atoms with Crippen LogP contribution in [0.1, 0.15) is 24.8 Å². The highest BCUT2D eigenvalue weighted by atomic mass is 16.5. The predicted octanol–water partition coefficient (Wildman–Crippen LogP) is 1.82. The van der Waals surface area contributed by atoms with Gasteiger partial charge in [0.05, 0.1) is 6.42 Å². The molecule has 0 atom stereocenters. The minimum atomic E-state index is -0.871. The minimum absolute atomic E-state index is 0.0176. The second kappa shape index (κ2) is 5.40. The smallest absolute Gasteiger partial charge is 0.307 e. The van der Waals surface area contributed by atoms with E-state index in [0.29, 0.717) is 11.3 Å². The Morgan fingerprint density at radius 2 is 1.95 bits per heavy atom. The molecular formula is C14H17NO4. The normalized spacial score (nSPS) is 16.5. The number of methoxy groups -OCH3 is 1. The predicted molar refractivity (Wildman–Crippen MR) is 70.0 cm³/mol. The largest absolute Gasteiger partial charge is 0.481 e. The molecule has 0 saturated heterocycles. The van der Waals surface area contributed by atoms with E-state index in [-0.39, 0.29) is 12.3 Å². The molecule has 0 aliphatic heterocycles. The molecule has 0 bridgehead atoms. The van der Waals surface area contributed by atoms with Crippen LogP contribution in [0.15, 0.2) is 24.3 Å². The van der Waals surface area contributed by atoms with Crippen LogP contribution in [0.4, 0.5) is 5.69 Å². The maximum Gasteiger partial charge on any atom is 0.307 e. The van der Waals surface area contributed by atoms with Crippen LogP contribution < -0.4 is 5.32 Å². The third-order valence-electron chi connectivity index (χ3n) is 3.53. The number of hydrogen-bond acceptors (Lipinski definition) is 3. The van der Waals surface area contributed by atoms with Gasteiger partial charge >= 0.3 is 5.97 Å². The molecular weight excluding hydrogens is 246 g/mol. The number of anilines is 1. The van der Waals surface area contributed by atoms with E-state index in [1.807, 2.05) is 0 Å². The second-order valence-corrected chi connectivity index (χ2v) is 4.77. The Hall–Kier alpha value is -1.88. The first-order valence-electron chi connectivity index (χ1n) is 6.23. The molecule has 5 heteroatoms. The molecule has 19 heavy (non-hydrogen) atoms. The monoisotopic (exact) mass is 263 g/mol. The zero-order valence-electron chi connectivity index (χ0n) is 10.8. The summed E-state index contributed by atoms with van der Waals surface area (Å²) in [6, 6.07) is 6.81. The van der Waals surface area contributed by atoms with Gasteiger partial charge in [0, 0.05) is 12.8 Å². The molecule has 0 unspecified atom stereocenters. The molecule has 1 aromatic rings. The number of hydrogen-bond donors (Lipinski definition) is 2. The van der Waals surface area contributed by atoms with Crippen molar-refractivity contribution in [3.63, 3.8) is 0 Å².